The van der Waals surface area contributed by atoms with E-state index < -0.39 is 0 Å². The summed E-state index contributed by atoms with van der Waals surface area (Å²) in [6.45, 7) is 8.62. The van der Waals surface area contributed by atoms with Crippen molar-refractivity contribution in [3.8, 4) is 11.3 Å². The van der Waals surface area contributed by atoms with Crippen molar-refractivity contribution >= 4 is 17.3 Å². The molecule has 4 rings (SSSR count). The van der Waals surface area contributed by atoms with Crippen LogP contribution in [0.3, 0.4) is 0 Å². The first-order valence-corrected chi connectivity index (χ1v) is 10.7. The molecule has 0 saturated carbocycles. The number of pyridine rings is 1. The van der Waals surface area contributed by atoms with Crippen LogP contribution in [0.15, 0.2) is 61.1 Å². The van der Waals surface area contributed by atoms with Crippen LogP contribution in [0.4, 0.5) is 17.3 Å². The second-order valence-corrected chi connectivity index (χ2v) is 7.65. The molecule has 7 nitrogen and oxygen atoms in total. The van der Waals surface area contributed by atoms with Gasteiger partial charge in [0.2, 0.25) is 0 Å². The van der Waals surface area contributed by atoms with E-state index in [9.17, 15) is 0 Å². The SMILES string of the molecule is C=C(Nc1ccnc(CC)n1)N1CCCN(C)c2ccc(-c3cccc(CN)c3)nc21. The van der Waals surface area contributed by atoms with Gasteiger partial charge >= 0.3 is 0 Å². The van der Waals surface area contributed by atoms with E-state index >= 15 is 0 Å². The summed E-state index contributed by atoms with van der Waals surface area (Å²) < 4.78 is 0. The first-order valence-electron chi connectivity index (χ1n) is 10.7. The van der Waals surface area contributed by atoms with Crippen molar-refractivity contribution in [2.75, 3.05) is 35.3 Å². The minimum absolute atomic E-state index is 0.507. The zero-order valence-corrected chi connectivity index (χ0v) is 18.2. The molecule has 3 aromatic rings. The van der Waals surface area contributed by atoms with Crippen molar-refractivity contribution < 1.29 is 0 Å². The molecule has 0 radical (unpaired) electrons. The molecule has 0 spiro atoms. The van der Waals surface area contributed by atoms with E-state index in [4.69, 9.17) is 10.7 Å². The minimum Gasteiger partial charge on any atom is -0.372 e. The molecule has 1 aliphatic heterocycles. The minimum atomic E-state index is 0.507. The van der Waals surface area contributed by atoms with E-state index in [1.807, 2.05) is 25.1 Å². The maximum Gasteiger partial charge on any atom is 0.158 e. The Labute approximate surface area is 183 Å². The molecule has 7 heteroatoms. The van der Waals surface area contributed by atoms with Gasteiger partial charge in [-0.3, -0.25) is 0 Å². The van der Waals surface area contributed by atoms with E-state index in [0.29, 0.717) is 6.54 Å². The molecule has 0 aliphatic carbocycles. The molecule has 3 N–H and O–H groups in total. The Kier molecular flexibility index (Phi) is 6.13. The molecule has 0 bridgehead atoms. The molecule has 31 heavy (non-hydrogen) atoms. The van der Waals surface area contributed by atoms with Gasteiger partial charge in [-0.15, -0.1) is 0 Å². The zero-order valence-electron chi connectivity index (χ0n) is 18.2. The lowest BCUT2D eigenvalue weighted by atomic mass is 10.1. The summed E-state index contributed by atoms with van der Waals surface area (Å²) in [6, 6.07) is 14.3. The summed E-state index contributed by atoms with van der Waals surface area (Å²) in [4.78, 5) is 18.3. The molecular weight excluding hydrogens is 386 g/mol. The fourth-order valence-electron chi connectivity index (χ4n) is 3.77. The number of nitrogens with zero attached hydrogens (tertiary/aromatic N) is 5. The fraction of sp³-hybridized carbons (Fsp3) is 0.292. The molecule has 0 amide bonds. The van der Waals surface area contributed by atoms with Gasteiger partial charge in [-0.25, -0.2) is 15.0 Å². The third-order valence-electron chi connectivity index (χ3n) is 5.48. The molecule has 1 aromatic carbocycles. The van der Waals surface area contributed by atoms with Gasteiger partial charge in [0.25, 0.3) is 0 Å². The summed E-state index contributed by atoms with van der Waals surface area (Å²) in [6.07, 6.45) is 3.55. The highest BCUT2D eigenvalue weighted by atomic mass is 15.3. The van der Waals surface area contributed by atoms with Gasteiger partial charge in [0.15, 0.2) is 5.82 Å². The van der Waals surface area contributed by atoms with Gasteiger partial charge in [0, 0.05) is 44.9 Å². The van der Waals surface area contributed by atoms with E-state index in [1.54, 1.807) is 6.20 Å². The Morgan fingerprint density at radius 2 is 2.03 bits per heavy atom. The second kappa shape index (κ2) is 9.14. The molecule has 0 unspecified atom stereocenters. The number of nitrogens with two attached hydrogens (primary N) is 1. The molecular formula is C24H29N7. The van der Waals surface area contributed by atoms with Crippen molar-refractivity contribution in [1.82, 2.24) is 15.0 Å². The quantitative estimate of drug-likeness (QED) is 0.634. The standard InChI is InChI=1S/C24H29N7/c1-4-22-26-12-11-23(29-22)27-17(2)31-14-6-13-30(3)21-10-9-20(28-24(21)31)19-8-5-7-18(15-19)16-25/h5,7-12,15H,2,4,6,13-14,16,25H2,1,3H3,(H,26,27,29). The van der Waals surface area contributed by atoms with E-state index in [1.165, 1.54) is 0 Å². The van der Waals surface area contributed by atoms with Gasteiger partial charge in [-0.05, 0) is 36.2 Å². The number of benzene rings is 1. The Balaban J connectivity index is 1.69. The maximum absolute atomic E-state index is 5.84. The van der Waals surface area contributed by atoms with Crippen LogP contribution in [-0.4, -0.2) is 35.1 Å². The number of rotatable bonds is 6. The van der Waals surface area contributed by atoms with Crippen molar-refractivity contribution in [3.63, 3.8) is 0 Å². The lowest BCUT2D eigenvalue weighted by Gasteiger charge is -2.27. The zero-order chi connectivity index (χ0) is 21.8. The largest absolute Gasteiger partial charge is 0.372 e. The van der Waals surface area contributed by atoms with Crippen molar-refractivity contribution in [2.45, 2.75) is 26.3 Å². The summed E-state index contributed by atoms with van der Waals surface area (Å²) in [7, 11) is 2.10. The summed E-state index contributed by atoms with van der Waals surface area (Å²) in [5, 5.41) is 3.35. The number of fused-ring (bicyclic) bond motifs is 1. The highest BCUT2D eigenvalue weighted by Crippen LogP contribution is 2.34. The fourth-order valence-corrected chi connectivity index (χ4v) is 3.77. The topological polar surface area (TPSA) is 83.2 Å². The van der Waals surface area contributed by atoms with E-state index in [2.05, 4.69) is 63.0 Å². The normalized spacial score (nSPS) is 13.5. The Morgan fingerprint density at radius 1 is 1.16 bits per heavy atom. The first-order chi connectivity index (χ1) is 15.1. The first kappa shape index (κ1) is 20.8. The van der Waals surface area contributed by atoms with Gasteiger partial charge in [0.1, 0.15) is 17.5 Å². The summed E-state index contributed by atoms with van der Waals surface area (Å²) in [5.74, 6) is 3.17. The predicted molar refractivity (Wildman–Crippen MR) is 127 cm³/mol. The second-order valence-electron chi connectivity index (χ2n) is 7.65. The van der Waals surface area contributed by atoms with Crippen LogP contribution in [0.2, 0.25) is 0 Å². The van der Waals surface area contributed by atoms with Gasteiger partial charge in [0.05, 0.1) is 11.4 Å². The Bertz CT molecular complexity index is 1080. The molecule has 0 fully saturated rings. The average molecular weight is 416 g/mol. The molecule has 2 aromatic heterocycles. The number of hydrogen-bond donors (Lipinski definition) is 2. The molecule has 1 aliphatic rings. The number of nitrogens with one attached hydrogen (secondary N) is 1. The van der Waals surface area contributed by atoms with Crippen molar-refractivity contribution in [1.29, 1.82) is 0 Å². The van der Waals surface area contributed by atoms with E-state index in [-0.39, 0.29) is 0 Å². The average Bonchev–Trinajstić information content (AvgIpc) is 2.97. The summed E-state index contributed by atoms with van der Waals surface area (Å²) in [5.41, 5.74) is 9.97. The Hall–Kier alpha value is -3.45. The van der Waals surface area contributed by atoms with Crippen LogP contribution < -0.4 is 20.9 Å². The highest BCUT2D eigenvalue weighted by molar-refractivity contribution is 5.75. The Morgan fingerprint density at radius 3 is 2.84 bits per heavy atom. The van der Waals surface area contributed by atoms with Crippen LogP contribution in [0.1, 0.15) is 24.7 Å². The number of anilines is 3. The lowest BCUT2D eigenvalue weighted by Crippen LogP contribution is -2.28. The van der Waals surface area contributed by atoms with Gasteiger partial charge < -0.3 is 20.9 Å². The van der Waals surface area contributed by atoms with Crippen LogP contribution in [0.5, 0.6) is 0 Å². The lowest BCUT2D eigenvalue weighted by molar-refractivity contribution is 0.788. The molecule has 0 atom stereocenters. The van der Waals surface area contributed by atoms with Crippen LogP contribution in [-0.2, 0) is 13.0 Å². The van der Waals surface area contributed by atoms with Gasteiger partial charge in [-0.1, -0.05) is 31.7 Å². The molecule has 3 heterocycles. The maximum atomic E-state index is 5.84. The van der Waals surface area contributed by atoms with Crippen LogP contribution >= 0.6 is 0 Å². The van der Waals surface area contributed by atoms with Crippen molar-refractivity contribution in [3.05, 3.63) is 72.4 Å². The third-order valence-corrected chi connectivity index (χ3v) is 5.48. The third kappa shape index (κ3) is 4.51. The van der Waals surface area contributed by atoms with Crippen LogP contribution in [0.25, 0.3) is 11.3 Å². The van der Waals surface area contributed by atoms with Crippen molar-refractivity contribution in [2.24, 2.45) is 5.73 Å². The van der Waals surface area contributed by atoms with Gasteiger partial charge in [-0.2, -0.15) is 0 Å². The number of aryl methyl sites for hydroxylation is 1. The van der Waals surface area contributed by atoms with Crippen LogP contribution in [0, 0.1) is 0 Å². The molecule has 0 saturated heterocycles. The summed E-state index contributed by atoms with van der Waals surface area (Å²) >= 11 is 0. The predicted octanol–water partition coefficient (Wildman–Crippen LogP) is 3.79. The smallest absolute Gasteiger partial charge is 0.158 e. The monoisotopic (exact) mass is 415 g/mol. The van der Waals surface area contributed by atoms with E-state index in [0.717, 1.165) is 71.7 Å². The molecule has 160 valence electrons. The highest BCUT2D eigenvalue weighted by Gasteiger charge is 2.23. The number of hydrogen-bond acceptors (Lipinski definition) is 7. The number of aromatic nitrogens is 3.